The Labute approximate surface area is 200 Å². The van der Waals surface area contributed by atoms with Crippen LogP contribution in [0.3, 0.4) is 0 Å². The van der Waals surface area contributed by atoms with Gasteiger partial charge in [0.25, 0.3) is 5.56 Å². The zero-order valence-electron chi connectivity index (χ0n) is 19.0. The summed E-state index contributed by atoms with van der Waals surface area (Å²) < 4.78 is 4.52. The molecule has 174 valence electrons. The average Bonchev–Trinajstić information content (AvgIpc) is 3.41. The number of hydrogen-bond acceptors (Lipinski definition) is 4. The molecule has 0 spiro atoms. The van der Waals surface area contributed by atoms with E-state index in [2.05, 4.69) is 22.4 Å². The van der Waals surface area contributed by atoms with Crippen molar-refractivity contribution in [3.63, 3.8) is 0 Å². The molecule has 0 saturated heterocycles. The molecule has 34 heavy (non-hydrogen) atoms. The summed E-state index contributed by atoms with van der Waals surface area (Å²) in [6.45, 7) is 3.31. The van der Waals surface area contributed by atoms with E-state index in [4.69, 9.17) is 16.6 Å². The summed E-state index contributed by atoms with van der Waals surface area (Å²) in [7, 11) is 1.50. The Morgan fingerprint density at radius 3 is 2.59 bits per heavy atom. The summed E-state index contributed by atoms with van der Waals surface area (Å²) in [5.41, 5.74) is 3.32. The van der Waals surface area contributed by atoms with Crippen LogP contribution in [0, 0.1) is 0 Å². The Morgan fingerprint density at radius 2 is 1.82 bits per heavy atom. The topological polar surface area (TPSA) is 89.6 Å². The van der Waals surface area contributed by atoms with Crippen LogP contribution in [-0.4, -0.2) is 30.2 Å². The van der Waals surface area contributed by atoms with Gasteiger partial charge in [-0.15, -0.1) is 0 Å². The van der Waals surface area contributed by atoms with Crippen LogP contribution in [0.15, 0.2) is 64.3 Å². The van der Waals surface area contributed by atoms with E-state index in [-0.39, 0.29) is 11.2 Å². The molecule has 8 nitrogen and oxygen atoms in total. The molecule has 0 aliphatic heterocycles. The van der Waals surface area contributed by atoms with Crippen LogP contribution in [-0.2, 0) is 26.6 Å². The number of H-pyrrole nitrogens is 1. The van der Waals surface area contributed by atoms with Crippen molar-refractivity contribution in [3.05, 3.63) is 91.7 Å². The lowest BCUT2D eigenvalue weighted by Gasteiger charge is -2.11. The molecule has 0 radical (unpaired) electrons. The lowest BCUT2D eigenvalue weighted by molar-refractivity contribution is 0.649. The lowest BCUT2D eigenvalue weighted by atomic mass is 10.1. The number of hydrogen-bond donors (Lipinski definition) is 2. The highest BCUT2D eigenvalue weighted by atomic mass is 35.5. The number of rotatable bonds is 7. The molecule has 0 bridgehead atoms. The molecule has 0 aliphatic rings. The van der Waals surface area contributed by atoms with E-state index in [0.29, 0.717) is 41.8 Å². The van der Waals surface area contributed by atoms with Crippen LogP contribution in [0.2, 0.25) is 5.02 Å². The van der Waals surface area contributed by atoms with Crippen LogP contribution in [0.4, 0.5) is 5.95 Å². The molecule has 0 unspecified atom stereocenters. The summed E-state index contributed by atoms with van der Waals surface area (Å²) in [6.07, 6.45) is 2.79. The van der Waals surface area contributed by atoms with E-state index in [0.717, 1.165) is 22.1 Å². The first kappa shape index (κ1) is 22.0. The molecule has 2 N–H and O–H groups in total. The van der Waals surface area contributed by atoms with Gasteiger partial charge in [0.15, 0.2) is 11.2 Å². The molecule has 0 amide bonds. The molecular weight excluding hydrogens is 452 g/mol. The minimum Gasteiger partial charge on any atom is -0.361 e. The number of aryl methyl sites for hydroxylation is 1. The molecule has 5 aromatic rings. The second-order valence-electron chi connectivity index (χ2n) is 8.25. The van der Waals surface area contributed by atoms with Crippen LogP contribution < -0.4 is 16.6 Å². The van der Waals surface area contributed by atoms with Crippen molar-refractivity contribution in [3.8, 4) is 0 Å². The molecule has 5 rings (SSSR count). The zero-order chi connectivity index (χ0) is 23.8. The minimum atomic E-state index is -0.374. The molecule has 0 fully saturated rings. The van der Waals surface area contributed by atoms with Gasteiger partial charge in [0, 0.05) is 42.3 Å². The minimum absolute atomic E-state index is 0.365. The molecule has 9 heteroatoms. The van der Waals surface area contributed by atoms with Gasteiger partial charge in [-0.3, -0.25) is 18.5 Å². The van der Waals surface area contributed by atoms with Crippen molar-refractivity contribution < 1.29 is 0 Å². The van der Waals surface area contributed by atoms with Crippen LogP contribution in [0.1, 0.15) is 18.1 Å². The van der Waals surface area contributed by atoms with Gasteiger partial charge in [0.05, 0.1) is 6.54 Å². The third-order valence-electron chi connectivity index (χ3n) is 6.15. The highest BCUT2D eigenvalue weighted by Gasteiger charge is 2.20. The van der Waals surface area contributed by atoms with E-state index in [1.807, 2.05) is 54.1 Å². The van der Waals surface area contributed by atoms with E-state index in [9.17, 15) is 9.59 Å². The fourth-order valence-corrected chi connectivity index (χ4v) is 4.48. The Kier molecular flexibility index (Phi) is 5.75. The molecule has 2 aromatic carbocycles. The molecule has 3 aromatic heterocycles. The van der Waals surface area contributed by atoms with Gasteiger partial charge in [-0.05, 0) is 42.7 Å². The number of para-hydroxylation sites is 1. The zero-order valence-corrected chi connectivity index (χ0v) is 19.8. The fourth-order valence-electron chi connectivity index (χ4n) is 4.35. The highest BCUT2D eigenvalue weighted by Crippen LogP contribution is 2.21. The molecule has 3 heterocycles. The maximum atomic E-state index is 13.1. The highest BCUT2D eigenvalue weighted by molar-refractivity contribution is 6.30. The van der Waals surface area contributed by atoms with Gasteiger partial charge in [-0.25, -0.2) is 4.79 Å². The van der Waals surface area contributed by atoms with Gasteiger partial charge >= 0.3 is 5.69 Å². The van der Waals surface area contributed by atoms with Crippen LogP contribution in [0.25, 0.3) is 22.1 Å². The van der Waals surface area contributed by atoms with Gasteiger partial charge in [-0.1, -0.05) is 41.9 Å². The first-order valence-electron chi connectivity index (χ1n) is 11.2. The first-order chi connectivity index (χ1) is 16.5. The molecule has 0 aliphatic carbocycles. The van der Waals surface area contributed by atoms with Crippen LogP contribution in [0.5, 0.6) is 0 Å². The Balaban J connectivity index is 1.55. The molecular formula is C25H25ClN6O2. The average molecular weight is 477 g/mol. The number of benzene rings is 2. The molecule has 0 atom stereocenters. The predicted molar refractivity (Wildman–Crippen MR) is 136 cm³/mol. The Hall–Kier alpha value is -3.78. The van der Waals surface area contributed by atoms with Crippen molar-refractivity contribution in [1.82, 2.24) is 23.7 Å². The second-order valence-corrected chi connectivity index (χ2v) is 8.68. The van der Waals surface area contributed by atoms with E-state index >= 15 is 0 Å². The van der Waals surface area contributed by atoms with Gasteiger partial charge in [0.2, 0.25) is 5.95 Å². The van der Waals surface area contributed by atoms with Crippen molar-refractivity contribution in [1.29, 1.82) is 0 Å². The standard InChI is InChI=1S/C25H25ClN6O2/c1-3-31-22-21(23(33)30(2)25(31)34)32(15-16-8-10-18(26)11-9-16)24(29-22)27-13-12-17-14-28-20-7-5-4-6-19(17)20/h4-11,14,28H,3,12-13,15H2,1-2H3,(H,27,29). The Bertz CT molecular complexity index is 1610. The van der Waals surface area contributed by atoms with E-state index in [1.165, 1.54) is 22.6 Å². The SMILES string of the molecule is CCn1c(=O)n(C)c(=O)c2c1nc(NCCc1c[nH]c3ccccc13)n2Cc1ccc(Cl)cc1. The summed E-state index contributed by atoms with van der Waals surface area (Å²) >= 11 is 6.06. The smallest absolute Gasteiger partial charge is 0.332 e. The predicted octanol–water partition coefficient (Wildman–Crippen LogP) is 3.75. The third kappa shape index (κ3) is 3.80. The summed E-state index contributed by atoms with van der Waals surface area (Å²) in [6, 6.07) is 15.7. The lowest BCUT2D eigenvalue weighted by Crippen LogP contribution is -2.38. The number of aromatic amines is 1. The van der Waals surface area contributed by atoms with Crippen molar-refractivity contribution in [2.75, 3.05) is 11.9 Å². The Morgan fingerprint density at radius 1 is 1.06 bits per heavy atom. The van der Waals surface area contributed by atoms with E-state index < -0.39 is 0 Å². The monoisotopic (exact) mass is 476 g/mol. The maximum absolute atomic E-state index is 13.1. The second kappa shape index (κ2) is 8.87. The number of nitrogens with one attached hydrogen (secondary N) is 2. The quantitative estimate of drug-likeness (QED) is 0.374. The summed E-state index contributed by atoms with van der Waals surface area (Å²) in [5, 5.41) is 5.24. The fraction of sp³-hybridized carbons (Fsp3) is 0.240. The van der Waals surface area contributed by atoms with Gasteiger partial charge in [0.1, 0.15) is 0 Å². The number of aromatic nitrogens is 5. The van der Waals surface area contributed by atoms with Crippen LogP contribution >= 0.6 is 11.6 Å². The first-order valence-corrected chi connectivity index (χ1v) is 11.6. The van der Waals surface area contributed by atoms with Gasteiger partial charge in [-0.2, -0.15) is 4.98 Å². The number of imidazole rings is 1. The third-order valence-corrected chi connectivity index (χ3v) is 6.40. The molecule has 0 saturated carbocycles. The van der Waals surface area contributed by atoms with Gasteiger partial charge < -0.3 is 10.3 Å². The number of fused-ring (bicyclic) bond motifs is 2. The largest absolute Gasteiger partial charge is 0.361 e. The summed E-state index contributed by atoms with van der Waals surface area (Å²) in [4.78, 5) is 33.8. The maximum Gasteiger partial charge on any atom is 0.332 e. The van der Waals surface area contributed by atoms with E-state index in [1.54, 1.807) is 0 Å². The van der Waals surface area contributed by atoms with Crippen molar-refractivity contribution >= 4 is 39.6 Å². The van der Waals surface area contributed by atoms with Crippen molar-refractivity contribution in [2.45, 2.75) is 26.4 Å². The van der Waals surface area contributed by atoms with Crippen molar-refractivity contribution in [2.24, 2.45) is 7.05 Å². The number of nitrogens with zero attached hydrogens (tertiary/aromatic N) is 4. The number of halogens is 1. The normalized spacial score (nSPS) is 11.5. The summed E-state index contributed by atoms with van der Waals surface area (Å²) in [5.74, 6) is 0.551. The number of anilines is 1.